The topological polar surface area (TPSA) is 88.2 Å². The van der Waals surface area contributed by atoms with Gasteiger partial charge in [0.25, 0.3) is 5.91 Å². The van der Waals surface area contributed by atoms with Gasteiger partial charge in [-0.1, -0.05) is 17.3 Å². The zero-order chi connectivity index (χ0) is 13.0. The van der Waals surface area contributed by atoms with Crippen molar-refractivity contribution < 1.29 is 14.7 Å². The van der Waals surface area contributed by atoms with E-state index in [1.165, 1.54) is 0 Å². The number of benzene rings is 1. The Hall–Kier alpha value is -2.08. The van der Waals surface area contributed by atoms with Crippen LogP contribution >= 0.6 is 0 Å². The van der Waals surface area contributed by atoms with Crippen molar-refractivity contribution in [2.45, 2.75) is 0 Å². The van der Waals surface area contributed by atoms with E-state index >= 15 is 0 Å². The van der Waals surface area contributed by atoms with Crippen LogP contribution in [0.4, 0.5) is 0 Å². The molecule has 1 saturated heterocycles. The van der Waals surface area contributed by atoms with Crippen LogP contribution in [0.3, 0.4) is 0 Å². The van der Waals surface area contributed by atoms with Crippen LogP contribution in [0.15, 0.2) is 29.4 Å². The van der Waals surface area contributed by atoms with Crippen molar-refractivity contribution >= 4 is 11.7 Å². The second kappa shape index (κ2) is 5.50. The Kier molecular flexibility index (Phi) is 3.78. The lowest BCUT2D eigenvalue weighted by Gasteiger charge is -2.26. The summed E-state index contributed by atoms with van der Waals surface area (Å²) < 4.78 is 5.20. The Bertz CT molecular complexity index is 467. The van der Waals surface area contributed by atoms with Crippen LogP contribution in [0.5, 0.6) is 0 Å². The first kappa shape index (κ1) is 12.4. The quantitative estimate of drug-likeness (QED) is 0.340. The Morgan fingerprint density at radius 3 is 2.67 bits per heavy atom. The Morgan fingerprint density at radius 2 is 2.00 bits per heavy atom. The van der Waals surface area contributed by atoms with Gasteiger partial charge < -0.3 is 20.6 Å². The van der Waals surface area contributed by atoms with Crippen molar-refractivity contribution in [2.75, 3.05) is 26.3 Å². The van der Waals surface area contributed by atoms with Crippen LogP contribution in [-0.2, 0) is 4.74 Å². The first-order valence-corrected chi connectivity index (χ1v) is 5.67. The lowest BCUT2D eigenvalue weighted by molar-refractivity contribution is 0.0303. The van der Waals surface area contributed by atoms with Gasteiger partial charge in [0.15, 0.2) is 5.84 Å². The lowest BCUT2D eigenvalue weighted by atomic mass is 10.1. The molecule has 1 aliphatic rings. The first-order valence-electron chi connectivity index (χ1n) is 5.67. The predicted octanol–water partition coefficient (Wildman–Crippen LogP) is 0.253. The second-order valence-corrected chi connectivity index (χ2v) is 3.97. The van der Waals surface area contributed by atoms with E-state index in [4.69, 9.17) is 15.7 Å². The molecule has 1 aromatic rings. The van der Waals surface area contributed by atoms with E-state index in [0.717, 1.165) is 0 Å². The molecule has 0 bridgehead atoms. The van der Waals surface area contributed by atoms with Crippen molar-refractivity contribution in [1.82, 2.24) is 4.90 Å². The number of ether oxygens (including phenoxy) is 1. The number of nitrogens with zero attached hydrogens (tertiary/aromatic N) is 2. The Balaban J connectivity index is 2.19. The van der Waals surface area contributed by atoms with Crippen LogP contribution in [0.2, 0.25) is 0 Å². The maximum Gasteiger partial charge on any atom is 0.254 e. The number of morpholine rings is 1. The number of carbonyl (C=O) groups is 1. The van der Waals surface area contributed by atoms with E-state index in [0.29, 0.717) is 37.4 Å². The fourth-order valence-electron chi connectivity index (χ4n) is 1.82. The van der Waals surface area contributed by atoms with Crippen molar-refractivity contribution in [2.24, 2.45) is 10.9 Å². The smallest absolute Gasteiger partial charge is 0.254 e. The molecule has 6 nitrogen and oxygen atoms in total. The third kappa shape index (κ3) is 2.60. The zero-order valence-electron chi connectivity index (χ0n) is 9.87. The maximum absolute atomic E-state index is 12.2. The SMILES string of the molecule is N/C(=N\O)c1cccc(C(=O)N2CCOCC2)c1. The fraction of sp³-hybridized carbons (Fsp3) is 0.333. The van der Waals surface area contributed by atoms with Crippen LogP contribution in [-0.4, -0.2) is 48.2 Å². The highest BCUT2D eigenvalue weighted by Gasteiger charge is 2.18. The third-order valence-electron chi connectivity index (χ3n) is 2.81. The standard InChI is InChI=1S/C12H15N3O3/c13-11(14-17)9-2-1-3-10(8-9)12(16)15-4-6-18-7-5-15/h1-3,8,17H,4-7H2,(H2,13,14). The minimum absolute atomic E-state index is 0.00775. The number of hydrogen-bond donors (Lipinski definition) is 2. The van der Waals surface area contributed by atoms with Crippen molar-refractivity contribution in [3.63, 3.8) is 0 Å². The highest BCUT2D eigenvalue weighted by atomic mass is 16.5. The molecule has 0 atom stereocenters. The van der Waals surface area contributed by atoms with E-state index in [9.17, 15) is 4.79 Å². The predicted molar refractivity (Wildman–Crippen MR) is 65.7 cm³/mol. The van der Waals surface area contributed by atoms with Crippen LogP contribution < -0.4 is 5.73 Å². The van der Waals surface area contributed by atoms with Gasteiger partial charge in [0.2, 0.25) is 0 Å². The number of amidine groups is 1. The molecule has 0 radical (unpaired) electrons. The molecule has 0 aliphatic carbocycles. The summed E-state index contributed by atoms with van der Waals surface area (Å²) in [7, 11) is 0. The Morgan fingerprint density at radius 1 is 1.33 bits per heavy atom. The molecule has 1 aliphatic heterocycles. The number of hydrogen-bond acceptors (Lipinski definition) is 4. The van der Waals surface area contributed by atoms with Crippen LogP contribution in [0.25, 0.3) is 0 Å². The summed E-state index contributed by atoms with van der Waals surface area (Å²) in [5.74, 6) is -0.0717. The number of carbonyl (C=O) groups excluding carboxylic acids is 1. The minimum Gasteiger partial charge on any atom is -0.409 e. The lowest BCUT2D eigenvalue weighted by Crippen LogP contribution is -2.40. The van der Waals surface area contributed by atoms with Gasteiger partial charge in [-0.05, 0) is 12.1 Å². The summed E-state index contributed by atoms with van der Waals surface area (Å²) in [5, 5.41) is 11.5. The first-order chi connectivity index (χ1) is 8.72. The Labute approximate surface area is 105 Å². The summed E-state index contributed by atoms with van der Waals surface area (Å²) in [5.41, 5.74) is 6.55. The molecule has 18 heavy (non-hydrogen) atoms. The molecule has 0 aromatic heterocycles. The molecule has 6 heteroatoms. The molecule has 1 amide bonds. The molecule has 3 N–H and O–H groups in total. The molecule has 0 unspecified atom stereocenters. The zero-order valence-corrected chi connectivity index (χ0v) is 9.87. The molecule has 0 spiro atoms. The van der Waals surface area contributed by atoms with Gasteiger partial charge in [-0.3, -0.25) is 4.79 Å². The summed E-state index contributed by atoms with van der Waals surface area (Å²) in [6, 6.07) is 6.73. The maximum atomic E-state index is 12.2. The summed E-state index contributed by atoms with van der Waals surface area (Å²) >= 11 is 0. The average Bonchev–Trinajstić information content (AvgIpc) is 2.46. The van der Waals surface area contributed by atoms with E-state index in [2.05, 4.69) is 5.16 Å². The summed E-state index contributed by atoms with van der Waals surface area (Å²) in [6.07, 6.45) is 0. The fourth-order valence-corrected chi connectivity index (χ4v) is 1.82. The molecule has 96 valence electrons. The van der Waals surface area contributed by atoms with Gasteiger partial charge >= 0.3 is 0 Å². The van der Waals surface area contributed by atoms with Crippen LogP contribution in [0.1, 0.15) is 15.9 Å². The largest absolute Gasteiger partial charge is 0.409 e. The molecule has 0 saturated carbocycles. The van der Waals surface area contributed by atoms with Gasteiger partial charge in [0.1, 0.15) is 0 Å². The van der Waals surface area contributed by atoms with Crippen molar-refractivity contribution in [1.29, 1.82) is 0 Å². The third-order valence-corrected chi connectivity index (χ3v) is 2.81. The number of nitrogens with two attached hydrogens (primary N) is 1. The molecular formula is C12H15N3O3. The summed E-state index contributed by atoms with van der Waals surface area (Å²) in [4.78, 5) is 13.9. The van der Waals surface area contributed by atoms with Gasteiger partial charge in [-0.15, -0.1) is 0 Å². The summed E-state index contributed by atoms with van der Waals surface area (Å²) in [6.45, 7) is 2.30. The van der Waals surface area contributed by atoms with Gasteiger partial charge in [-0.25, -0.2) is 0 Å². The van der Waals surface area contributed by atoms with Gasteiger partial charge in [0, 0.05) is 24.2 Å². The number of rotatable bonds is 2. The molecule has 1 heterocycles. The average molecular weight is 249 g/mol. The van der Waals surface area contributed by atoms with Crippen molar-refractivity contribution in [3.05, 3.63) is 35.4 Å². The van der Waals surface area contributed by atoms with Gasteiger partial charge in [-0.2, -0.15) is 0 Å². The molecular weight excluding hydrogens is 234 g/mol. The number of oxime groups is 1. The van der Waals surface area contributed by atoms with Gasteiger partial charge in [0.05, 0.1) is 13.2 Å². The van der Waals surface area contributed by atoms with E-state index in [1.54, 1.807) is 29.2 Å². The highest BCUT2D eigenvalue weighted by molar-refractivity contribution is 6.01. The molecule has 2 rings (SSSR count). The second-order valence-electron chi connectivity index (χ2n) is 3.97. The monoisotopic (exact) mass is 249 g/mol. The van der Waals surface area contributed by atoms with E-state index < -0.39 is 0 Å². The van der Waals surface area contributed by atoms with Crippen LogP contribution in [0, 0.1) is 0 Å². The molecule has 1 aromatic carbocycles. The van der Waals surface area contributed by atoms with E-state index in [-0.39, 0.29) is 11.7 Å². The molecule has 1 fully saturated rings. The minimum atomic E-state index is -0.0640. The number of amides is 1. The highest BCUT2D eigenvalue weighted by Crippen LogP contribution is 2.10. The van der Waals surface area contributed by atoms with Crippen molar-refractivity contribution in [3.8, 4) is 0 Å². The van der Waals surface area contributed by atoms with E-state index in [1.807, 2.05) is 0 Å². The normalized spacial score (nSPS) is 16.7.